The minimum Gasteiger partial charge on any atom is -0.475 e. The maximum atomic E-state index is 12.6. The zero-order valence-corrected chi connectivity index (χ0v) is 8.35. The Balaban J connectivity index is 2.30. The number of nitrogens with one attached hydrogen (secondary N) is 1. The van der Waals surface area contributed by atoms with Gasteiger partial charge in [0.05, 0.1) is 0 Å². The number of aromatic carboxylic acids is 1. The molecule has 0 atom stereocenters. The second kappa shape index (κ2) is 4.12. The van der Waals surface area contributed by atoms with Crippen LogP contribution in [-0.4, -0.2) is 32.0 Å². The maximum absolute atomic E-state index is 12.6. The van der Waals surface area contributed by atoms with Gasteiger partial charge in [0.2, 0.25) is 17.4 Å². The normalized spacial score (nSPS) is 10.2. The predicted molar refractivity (Wildman–Crippen MR) is 53.2 cm³/mol. The molecule has 0 radical (unpaired) electrons. The monoisotopic (exact) mass is 235 g/mol. The number of nitrogens with zero attached hydrogens (tertiary/aromatic N) is 2. The number of carbonyl (C=O) groups excluding carboxylic acids is 1. The number of aromatic amines is 1. The van der Waals surface area contributed by atoms with Gasteiger partial charge in [0.1, 0.15) is 5.82 Å². The Hall–Kier alpha value is -2.57. The number of hydrogen-bond acceptors (Lipinski definition) is 4. The van der Waals surface area contributed by atoms with Gasteiger partial charge in [0.15, 0.2) is 0 Å². The molecule has 0 unspecified atom stereocenters. The summed E-state index contributed by atoms with van der Waals surface area (Å²) < 4.78 is 12.6. The van der Waals surface area contributed by atoms with Crippen LogP contribution >= 0.6 is 0 Å². The fourth-order valence-electron chi connectivity index (χ4n) is 1.20. The Morgan fingerprint density at radius 1 is 1.12 bits per heavy atom. The number of H-pyrrole nitrogens is 1. The molecule has 0 aliphatic carbocycles. The van der Waals surface area contributed by atoms with Crippen LogP contribution in [0.15, 0.2) is 24.3 Å². The van der Waals surface area contributed by atoms with E-state index in [2.05, 4.69) is 15.2 Å². The average Bonchev–Trinajstić information content (AvgIpc) is 2.78. The van der Waals surface area contributed by atoms with E-state index in [0.717, 1.165) is 12.1 Å². The number of benzene rings is 1. The Morgan fingerprint density at radius 2 is 1.71 bits per heavy atom. The molecule has 1 heterocycles. The molecule has 7 heteroatoms. The number of halogens is 1. The van der Waals surface area contributed by atoms with Gasteiger partial charge in [0, 0.05) is 5.56 Å². The van der Waals surface area contributed by atoms with E-state index in [4.69, 9.17) is 5.11 Å². The van der Waals surface area contributed by atoms with Crippen molar-refractivity contribution < 1.29 is 19.1 Å². The predicted octanol–water partition coefficient (Wildman–Crippen LogP) is 0.873. The van der Waals surface area contributed by atoms with Crippen LogP contribution in [0.3, 0.4) is 0 Å². The zero-order chi connectivity index (χ0) is 12.4. The van der Waals surface area contributed by atoms with Crippen LogP contribution in [0.25, 0.3) is 0 Å². The second-order valence-corrected chi connectivity index (χ2v) is 3.16. The molecule has 1 aromatic carbocycles. The van der Waals surface area contributed by atoms with Gasteiger partial charge in [-0.3, -0.25) is 4.79 Å². The van der Waals surface area contributed by atoms with E-state index >= 15 is 0 Å². The fourth-order valence-corrected chi connectivity index (χ4v) is 1.20. The highest BCUT2D eigenvalue weighted by Gasteiger charge is 2.16. The molecule has 0 fully saturated rings. The van der Waals surface area contributed by atoms with Gasteiger partial charge in [-0.25, -0.2) is 9.18 Å². The lowest BCUT2D eigenvalue weighted by Gasteiger charge is -1.95. The van der Waals surface area contributed by atoms with Gasteiger partial charge in [-0.2, -0.15) is 0 Å². The van der Waals surface area contributed by atoms with E-state index in [0.29, 0.717) is 0 Å². The number of carboxylic acid groups (broad SMARTS) is 1. The van der Waals surface area contributed by atoms with Crippen molar-refractivity contribution in [3.8, 4) is 0 Å². The van der Waals surface area contributed by atoms with Crippen molar-refractivity contribution >= 4 is 11.8 Å². The first kappa shape index (κ1) is 10.9. The van der Waals surface area contributed by atoms with E-state index in [9.17, 15) is 14.0 Å². The van der Waals surface area contributed by atoms with Crippen molar-refractivity contribution in [1.82, 2.24) is 15.2 Å². The van der Waals surface area contributed by atoms with Gasteiger partial charge in [-0.05, 0) is 24.3 Å². The summed E-state index contributed by atoms with van der Waals surface area (Å²) in [5, 5.41) is 15.3. The third-order valence-electron chi connectivity index (χ3n) is 2.01. The molecule has 2 aromatic rings. The molecule has 0 saturated heterocycles. The molecule has 0 saturated carbocycles. The largest absolute Gasteiger partial charge is 0.475 e. The molecule has 17 heavy (non-hydrogen) atoms. The minimum atomic E-state index is -1.31. The SMILES string of the molecule is O=C(O)c1nnc(C(=O)c2ccc(F)cc2)[nH]1. The Morgan fingerprint density at radius 3 is 2.24 bits per heavy atom. The third kappa shape index (κ3) is 2.17. The van der Waals surface area contributed by atoms with Crippen LogP contribution in [0.1, 0.15) is 26.8 Å². The number of ketones is 1. The van der Waals surface area contributed by atoms with Crippen molar-refractivity contribution in [3.63, 3.8) is 0 Å². The molecule has 86 valence electrons. The van der Waals surface area contributed by atoms with Crippen LogP contribution in [0.2, 0.25) is 0 Å². The van der Waals surface area contributed by atoms with E-state index in [1.807, 2.05) is 0 Å². The third-order valence-corrected chi connectivity index (χ3v) is 2.01. The molecular weight excluding hydrogens is 229 g/mol. The first-order valence-electron chi connectivity index (χ1n) is 4.54. The zero-order valence-electron chi connectivity index (χ0n) is 8.35. The number of rotatable bonds is 3. The van der Waals surface area contributed by atoms with Crippen molar-refractivity contribution in [3.05, 3.63) is 47.3 Å². The highest BCUT2D eigenvalue weighted by molar-refractivity contribution is 6.06. The van der Waals surface area contributed by atoms with Crippen molar-refractivity contribution in [2.24, 2.45) is 0 Å². The fraction of sp³-hybridized carbons (Fsp3) is 0. The molecule has 2 rings (SSSR count). The number of carbonyl (C=O) groups is 2. The quantitative estimate of drug-likeness (QED) is 0.769. The summed E-state index contributed by atoms with van der Waals surface area (Å²) in [6.07, 6.45) is 0. The first-order valence-corrected chi connectivity index (χ1v) is 4.54. The van der Waals surface area contributed by atoms with Crippen molar-refractivity contribution in [2.75, 3.05) is 0 Å². The summed E-state index contributed by atoms with van der Waals surface area (Å²) in [5.74, 6) is -2.95. The molecular formula is C10H6FN3O3. The Bertz CT molecular complexity index is 577. The lowest BCUT2D eigenvalue weighted by atomic mass is 10.1. The van der Waals surface area contributed by atoms with Gasteiger partial charge in [-0.15, -0.1) is 10.2 Å². The summed E-state index contributed by atoms with van der Waals surface area (Å²) in [6, 6.07) is 4.81. The van der Waals surface area contributed by atoms with Gasteiger partial charge < -0.3 is 10.1 Å². The molecule has 0 spiro atoms. The molecule has 0 aliphatic heterocycles. The van der Waals surface area contributed by atoms with Gasteiger partial charge >= 0.3 is 5.97 Å². The Kier molecular flexibility index (Phi) is 2.65. The van der Waals surface area contributed by atoms with Gasteiger partial charge in [0.25, 0.3) is 0 Å². The summed E-state index contributed by atoms with van der Waals surface area (Å²) in [5.41, 5.74) is 0.194. The number of hydrogen-bond donors (Lipinski definition) is 2. The molecule has 6 nitrogen and oxygen atoms in total. The highest BCUT2D eigenvalue weighted by Crippen LogP contribution is 2.07. The standard InChI is InChI=1S/C10H6FN3O3/c11-6-3-1-5(2-4-6)7(15)8-12-9(10(16)17)14-13-8/h1-4H,(H,16,17)(H,12,13,14). The summed E-state index contributed by atoms with van der Waals surface area (Å²) in [7, 11) is 0. The van der Waals surface area contributed by atoms with E-state index < -0.39 is 23.4 Å². The number of carboxylic acids is 1. The van der Waals surface area contributed by atoms with Gasteiger partial charge in [-0.1, -0.05) is 0 Å². The second-order valence-electron chi connectivity index (χ2n) is 3.16. The van der Waals surface area contributed by atoms with E-state index in [-0.39, 0.29) is 11.4 Å². The highest BCUT2D eigenvalue weighted by atomic mass is 19.1. The van der Waals surface area contributed by atoms with Crippen LogP contribution in [0, 0.1) is 5.82 Å². The topological polar surface area (TPSA) is 95.9 Å². The van der Waals surface area contributed by atoms with Crippen molar-refractivity contribution in [1.29, 1.82) is 0 Å². The van der Waals surface area contributed by atoms with E-state index in [1.165, 1.54) is 12.1 Å². The molecule has 2 N–H and O–H groups in total. The first-order chi connectivity index (χ1) is 8.08. The summed E-state index contributed by atoms with van der Waals surface area (Å²) in [4.78, 5) is 24.5. The molecule has 0 bridgehead atoms. The molecule has 0 aliphatic rings. The smallest absolute Gasteiger partial charge is 0.373 e. The lowest BCUT2D eigenvalue weighted by Crippen LogP contribution is -2.04. The van der Waals surface area contributed by atoms with Crippen LogP contribution in [0.4, 0.5) is 4.39 Å². The van der Waals surface area contributed by atoms with Crippen molar-refractivity contribution in [2.45, 2.75) is 0 Å². The summed E-state index contributed by atoms with van der Waals surface area (Å²) in [6.45, 7) is 0. The van der Waals surface area contributed by atoms with Crippen LogP contribution in [-0.2, 0) is 0 Å². The lowest BCUT2D eigenvalue weighted by molar-refractivity contribution is 0.0684. The Labute approximate surface area is 94.1 Å². The van der Waals surface area contributed by atoms with E-state index in [1.54, 1.807) is 0 Å². The molecule has 0 amide bonds. The number of aromatic nitrogens is 3. The summed E-state index contributed by atoms with van der Waals surface area (Å²) >= 11 is 0. The van der Waals surface area contributed by atoms with Crippen LogP contribution < -0.4 is 0 Å². The average molecular weight is 235 g/mol. The van der Waals surface area contributed by atoms with Crippen LogP contribution in [0.5, 0.6) is 0 Å². The minimum absolute atomic E-state index is 0.194. The maximum Gasteiger partial charge on any atom is 0.373 e. The molecule has 1 aromatic heterocycles.